The maximum atomic E-state index is 12.5. The number of halogens is 1. The number of anilines is 1. The van der Waals surface area contributed by atoms with Crippen LogP contribution in [0.3, 0.4) is 0 Å². The van der Waals surface area contributed by atoms with Gasteiger partial charge in [-0.3, -0.25) is 10.1 Å². The normalized spacial score (nSPS) is 10.3. The third-order valence-corrected chi connectivity index (χ3v) is 4.55. The van der Waals surface area contributed by atoms with Gasteiger partial charge in [-0.15, -0.1) is 0 Å². The van der Waals surface area contributed by atoms with E-state index in [9.17, 15) is 9.59 Å². The van der Waals surface area contributed by atoms with Crippen molar-refractivity contribution in [1.82, 2.24) is 5.32 Å². The van der Waals surface area contributed by atoms with Crippen molar-refractivity contribution in [1.29, 1.82) is 0 Å². The van der Waals surface area contributed by atoms with E-state index in [0.29, 0.717) is 29.4 Å². The average Bonchev–Trinajstić information content (AvgIpc) is 2.76. The lowest BCUT2D eigenvalue weighted by molar-refractivity contribution is 0.0950. The fraction of sp³-hybridized carbons (Fsp3) is 0.130. The van der Waals surface area contributed by atoms with E-state index < -0.39 is 6.09 Å². The number of hydrogen-bond donors (Lipinski definition) is 3. The summed E-state index contributed by atoms with van der Waals surface area (Å²) in [7, 11) is 0. The lowest BCUT2D eigenvalue weighted by Crippen LogP contribution is -2.23. The monoisotopic (exact) mass is 423 g/mol. The van der Waals surface area contributed by atoms with Gasteiger partial charge >= 0.3 is 6.09 Å². The zero-order valence-corrected chi connectivity index (χ0v) is 17.0. The first-order valence-electron chi connectivity index (χ1n) is 9.38. The summed E-state index contributed by atoms with van der Waals surface area (Å²) >= 11 is 6.12. The second-order valence-electron chi connectivity index (χ2n) is 6.62. The molecule has 0 aliphatic carbocycles. The molecule has 0 bridgehead atoms. The number of hydrogen-bond acceptors (Lipinski definition) is 4. The van der Waals surface area contributed by atoms with Crippen molar-refractivity contribution in [2.24, 2.45) is 5.73 Å². The molecular weight excluding hydrogens is 402 g/mol. The van der Waals surface area contributed by atoms with E-state index in [1.54, 1.807) is 12.1 Å². The lowest BCUT2D eigenvalue weighted by atomic mass is 10.1. The van der Waals surface area contributed by atoms with E-state index in [1.165, 1.54) is 6.07 Å². The Balaban J connectivity index is 1.57. The fourth-order valence-electron chi connectivity index (χ4n) is 2.75. The molecule has 0 aromatic heterocycles. The predicted molar refractivity (Wildman–Crippen MR) is 117 cm³/mol. The Labute approximate surface area is 180 Å². The maximum Gasteiger partial charge on any atom is 0.411 e. The van der Waals surface area contributed by atoms with Crippen molar-refractivity contribution in [2.45, 2.75) is 19.7 Å². The number of benzene rings is 3. The molecule has 0 unspecified atom stereocenters. The highest BCUT2D eigenvalue weighted by Crippen LogP contribution is 2.20. The van der Waals surface area contributed by atoms with Crippen LogP contribution in [0.4, 0.5) is 10.5 Å². The molecule has 6 nitrogen and oxygen atoms in total. The lowest BCUT2D eigenvalue weighted by Gasteiger charge is -2.10. The molecule has 3 rings (SSSR count). The minimum absolute atomic E-state index is 0.142. The van der Waals surface area contributed by atoms with E-state index in [-0.39, 0.29) is 12.5 Å². The molecule has 154 valence electrons. The summed E-state index contributed by atoms with van der Waals surface area (Å²) in [5.74, 6) is -0.305. The van der Waals surface area contributed by atoms with E-state index in [2.05, 4.69) is 10.6 Å². The molecule has 0 aliphatic heterocycles. The highest BCUT2D eigenvalue weighted by molar-refractivity contribution is 6.31. The van der Waals surface area contributed by atoms with Crippen molar-refractivity contribution in [3.05, 3.63) is 100 Å². The number of rotatable bonds is 7. The van der Waals surface area contributed by atoms with Crippen molar-refractivity contribution < 1.29 is 14.3 Å². The van der Waals surface area contributed by atoms with Crippen LogP contribution in [0.1, 0.15) is 27.0 Å². The smallest absolute Gasteiger partial charge is 0.411 e. The highest BCUT2D eigenvalue weighted by atomic mass is 35.5. The molecular formula is C23H22ClN3O3. The molecule has 3 aromatic carbocycles. The van der Waals surface area contributed by atoms with Gasteiger partial charge in [0.15, 0.2) is 0 Å². The van der Waals surface area contributed by atoms with Crippen molar-refractivity contribution in [2.75, 3.05) is 5.32 Å². The van der Waals surface area contributed by atoms with Gasteiger partial charge in [-0.1, -0.05) is 66.2 Å². The first-order chi connectivity index (χ1) is 14.5. The molecule has 0 saturated carbocycles. The molecule has 0 fully saturated rings. The van der Waals surface area contributed by atoms with Crippen LogP contribution >= 0.6 is 11.6 Å². The van der Waals surface area contributed by atoms with Crippen molar-refractivity contribution in [3.63, 3.8) is 0 Å². The standard InChI is InChI=1S/C23H22ClN3O3/c24-20-10-19(22(28)26-14-17-8-6-16(13-25)7-9-17)11-21(12-20)27-23(29)30-15-18-4-2-1-3-5-18/h1-12H,13-15,25H2,(H,26,28)(H,27,29). The summed E-state index contributed by atoms with van der Waals surface area (Å²) in [6.45, 7) is 0.973. The van der Waals surface area contributed by atoms with Gasteiger partial charge in [0.1, 0.15) is 6.61 Å². The largest absolute Gasteiger partial charge is 0.444 e. The quantitative estimate of drug-likeness (QED) is 0.522. The van der Waals surface area contributed by atoms with E-state index in [1.807, 2.05) is 54.6 Å². The third-order valence-electron chi connectivity index (χ3n) is 4.33. The number of nitrogens with two attached hydrogens (primary N) is 1. The zero-order valence-electron chi connectivity index (χ0n) is 16.2. The molecule has 0 spiro atoms. The van der Waals surface area contributed by atoms with Crippen LogP contribution in [0.25, 0.3) is 0 Å². The Morgan fingerprint density at radius 3 is 2.30 bits per heavy atom. The molecule has 0 radical (unpaired) electrons. The molecule has 30 heavy (non-hydrogen) atoms. The van der Waals surface area contributed by atoms with Gasteiger partial charge < -0.3 is 15.8 Å². The summed E-state index contributed by atoms with van der Waals surface area (Å²) in [6, 6.07) is 21.6. The second kappa shape index (κ2) is 10.4. The van der Waals surface area contributed by atoms with Crippen LogP contribution < -0.4 is 16.4 Å². The van der Waals surface area contributed by atoms with Crippen LogP contribution in [0.2, 0.25) is 5.02 Å². The Morgan fingerprint density at radius 1 is 0.900 bits per heavy atom. The van der Waals surface area contributed by atoms with Gasteiger partial charge in [0.2, 0.25) is 0 Å². The highest BCUT2D eigenvalue weighted by Gasteiger charge is 2.11. The summed E-state index contributed by atoms with van der Waals surface area (Å²) < 4.78 is 5.19. The molecule has 3 aromatic rings. The zero-order chi connectivity index (χ0) is 21.3. The molecule has 0 atom stereocenters. The molecule has 0 aliphatic rings. The molecule has 0 saturated heterocycles. The second-order valence-corrected chi connectivity index (χ2v) is 7.06. The van der Waals surface area contributed by atoms with Gasteiger partial charge in [-0.2, -0.15) is 0 Å². The van der Waals surface area contributed by atoms with Crippen LogP contribution in [0, 0.1) is 0 Å². The van der Waals surface area contributed by atoms with Crippen LogP contribution in [0.15, 0.2) is 72.8 Å². The van der Waals surface area contributed by atoms with Crippen molar-refractivity contribution >= 4 is 29.3 Å². The molecule has 4 N–H and O–H groups in total. The summed E-state index contributed by atoms with van der Waals surface area (Å²) in [6.07, 6.45) is -0.632. The van der Waals surface area contributed by atoms with Gasteiger partial charge in [-0.05, 0) is 34.9 Å². The summed E-state index contributed by atoms with van der Waals surface area (Å²) in [5.41, 5.74) is 9.14. The van der Waals surface area contributed by atoms with Gasteiger partial charge in [0.25, 0.3) is 5.91 Å². The predicted octanol–water partition coefficient (Wildman–Crippen LogP) is 4.48. The fourth-order valence-corrected chi connectivity index (χ4v) is 2.98. The van der Waals surface area contributed by atoms with Crippen molar-refractivity contribution in [3.8, 4) is 0 Å². The topological polar surface area (TPSA) is 93.5 Å². The summed E-state index contributed by atoms with van der Waals surface area (Å²) in [5, 5.41) is 5.76. The number of carbonyl (C=O) groups is 2. The maximum absolute atomic E-state index is 12.5. The Hall–Kier alpha value is -3.35. The van der Waals surface area contributed by atoms with Gasteiger partial charge in [0.05, 0.1) is 0 Å². The molecule has 7 heteroatoms. The van der Waals surface area contributed by atoms with Crippen LogP contribution in [-0.4, -0.2) is 12.0 Å². The first-order valence-corrected chi connectivity index (χ1v) is 9.75. The first kappa shape index (κ1) is 21.4. The summed E-state index contributed by atoms with van der Waals surface area (Å²) in [4.78, 5) is 24.6. The number of amides is 2. The number of nitrogens with one attached hydrogen (secondary N) is 2. The minimum Gasteiger partial charge on any atom is -0.444 e. The minimum atomic E-state index is -0.632. The molecule has 2 amide bonds. The van der Waals surface area contributed by atoms with E-state index in [0.717, 1.165) is 16.7 Å². The molecule has 0 heterocycles. The van der Waals surface area contributed by atoms with E-state index in [4.69, 9.17) is 22.1 Å². The Bertz CT molecular complexity index is 1010. The SMILES string of the molecule is NCc1ccc(CNC(=O)c2cc(Cl)cc(NC(=O)OCc3ccccc3)c2)cc1. The third kappa shape index (κ3) is 6.34. The van der Waals surface area contributed by atoms with Crippen LogP contribution in [-0.2, 0) is 24.4 Å². The Morgan fingerprint density at radius 2 is 1.60 bits per heavy atom. The van der Waals surface area contributed by atoms with E-state index >= 15 is 0 Å². The average molecular weight is 424 g/mol. The van der Waals surface area contributed by atoms with Gasteiger partial charge in [-0.25, -0.2) is 4.79 Å². The van der Waals surface area contributed by atoms with Gasteiger partial charge in [0, 0.05) is 29.4 Å². The number of ether oxygens (including phenoxy) is 1. The Kier molecular flexibility index (Phi) is 7.43. The number of carbonyl (C=O) groups excluding carboxylic acids is 2. The van der Waals surface area contributed by atoms with Crippen LogP contribution in [0.5, 0.6) is 0 Å².